The summed E-state index contributed by atoms with van der Waals surface area (Å²) in [7, 11) is 0. The molecule has 1 aromatic rings. The summed E-state index contributed by atoms with van der Waals surface area (Å²) in [5.74, 6) is -0.445. The van der Waals surface area contributed by atoms with Crippen molar-refractivity contribution in [2.45, 2.75) is 12.8 Å². The molecule has 1 fully saturated rings. The molecule has 0 aromatic carbocycles. The summed E-state index contributed by atoms with van der Waals surface area (Å²) >= 11 is 5.79. The Hall–Kier alpha value is -1.56. The molecule has 7 heteroatoms. The van der Waals surface area contributed by atoms with Gasteiger partial charge in [-0.15, -0.1) is 0 Å². The fourth-order valence-corrected chi connectivity index (χ4v) is 2.16. The molecule has 2 rings (SSSR count). The van der Waals surface area contributed by atoms with E-state index in [0.29, 0.717) is 18.8 Å². The average molecular weight is 257 g/mol. The van der Waals surface area contributed by atoms with Gasteiger partial charge in [0.15, 0.2) is 0 Å². The standard InChI is InChI=1S/C10H13ClN4O2/c11-7-4-8(14-10(12)13-7)15-3-1-2-6(5-15)9(16)17/h4,6H,1-3,5H2,(H,16,17)(H2,12,13,14). The lowest BCUT2D eigenvalue weighted by atomic mass is 9.98. The van der Waals surface area contributed by atoms with Crippen molar-refractivity contribution in [1.29, 1.82) is 0 Å². The minimum atomic E-state index is -0.775. The third-order valence-electron chi connectivity index (χ3n) is 2.79. The lowest BCUT2D eigenvalue weighted by Crippen LogP contribution is -2.39. The molecular weight excluding hydrogens is 244 g/mol. The van der Waals surface area contributed by atoms with Crippen LogP contribution in [0, 0.1) is 5.92 Å². The molecule has 6 nitrogen and oxygen atoms in total. The average Bonchev–Trinajstić information content (AvgIpc) is 2.28. The highest BCUT2D eigenvalue weighted by molar-refractivity contribution is 6.29. The van der Waals surface area contributed by atoms with Gasteiger partial charge in [0, 0.05) is 19.2 Å². The number of hydrogen-bond donors (Lipinski definition) is 2. The highest BCUT2D eigenvalue weighted by atomic mass is 35.5. The van der Waals surface area contributed by atoms with Crippen molar-refractivity contribution in [1.82, 2.24) is 9.97 Å². The second-order valence-electron chi connectivity index (χ2n) is 4.03. The molecule has 1 atom stereocenters. The van der Waals surface area contributed by atoms with Gasteiger partial charge in [0.25, 0.3) is 0 Å². The quantitative estimate of drug-likeness (QED) is 0.768. The molecule has 2 heterocycles. The zero-order valence-corrected chi connectivity index (χ0v) is 9.89. The highest BCUT2D eigenvalue weighted by Crippen LogP contribution is 2.23. The summed E-state index contributed by atoms with van der Waals surface area (Å²) in [6.07, 6.45) is 1.51. The van der Waals surface area contributed by atoms with Gasteiger partial charge >= 0.3 is 5.97 Å². The first-order chi connectivity index (χ1) is 8.06. The first kappa shape index (κ1) is 11.9. The van der Waals surface area contributed by atoms with Crippen LogP contribution in [0.2, 0.25) is 5.15 Å². The van der Waals surface area contributed by atoms with E-state index >= 15 is 0 Å². The second kappa shape index (κ2) is 4.75. The number of nitrogens with two attached hydrogens (primary N) is 1. The van der Waals surface area contributed by atoms with Crippen LogP contribution in [-0.4, -0.2) is 34.1 Å². The molecule has 1 aliphatic rings. The van der Waals surface area contributed by atoms with Crippen molar-refractivity contribution >= 4 is 29.3 Å². The molecule has 0 bridgehead atoms. The number of anilines is 2. The molecule has 1 aromatic heterocycles. The number of aliphatic carboxylic acids is 1. The first-order valence-electron chi connectivity index (χ1n) is 5.34. The Labute approximate surface area is 103 Å². The molecule has 0 aliphatic carbocycles. The molecule has 3 N–H and O–H groups in total. The van der Waals surface area contributed by atoms with Crippen LogP contribution in [0.5, 0.6) is 0 Å². The van der Waals surface area contributed by atoms with E-state index in [0.717, 1.165) is 13.0 Å². The summed E-state index contributed by atoms with van der Waals surface area (Å²) in [4.78, 5) is 20.7. The minimum absolute atomic E-state index is 0.102. The predicted molar refractivity (Wildman–Crippen MR) is 64.0 cm³/mol. The Balaban J connectivity index is 2.18. The maximum absolute atomic E-state index is 11.0. The lowest BCUT2D eigenvalue weighted by molar-refractivity contribution is -0.141. The zero-order valence-electron chi connectivity index (χ0n) is 9.14. The number of rotatable bonds is 2. The van der Waals surface area contributed by atoms with Crippen LogP contribution in [-0.2, 0) is 4.79 Å². The van der Waals surface area contributed by atoms with Gasteiger partial charge in [0.1, 0.15) is 11.0 Å². The van der Waals surface area contributed by atoms with E-state index in [-0.39, 0.29) is 17.0 Å². The largest absolute Gasteiger partial charge is 0.481 e. The molecule has 17 heavy (non-hydrogen) atoms. The van der Waals surface area contributed by atoms with Crippen molar-refractivity contribution in [3.8, 4) is 0 Å². The Morgan fingerprint density at radius 1 is 1.59 bits per heavy atom. The van der Waals surface area contributed by atoms with E-state index in [9.17, 15) is 4.79 Å². The molecule has 92 valence electrons. The van der Waals surface area contributed by atoms with Crippen molar-refractivity contribution in [3.63, 3.8) is 0 Å². The summed E-state index contributed by atoms with van der Waals surface area (Å²) in [6, 6.07) is 1.60. The number of carboxylic acids is 1. The van der Waals surface area contributed by atoms with Crippen molar-refractivity contribution in [2.24, 2.45) is 5.92 Å². The van der Waals surface area contributed by atoms with Gasteiger partial charge in [-0.05, 0) is 12.8 Å². The van der Waals surface area contributed by atoms with E-state index in [2.05, 4.69) is 9.97 Å². The Kier molecular flexibility index (Phi) is 3.33. The van der Waals surface area contributed by atoms with Crippen molar-refractivity contribution in [3.05, 3.63) is 11.2 Å². The zero-order chi connectivity index (χ0) is 12.4. The molecule has 1 unspecified atom stereocenters. The summed E-state index contributed by atoms with van der Waals surface area (Å²) in [6.45, 7) is 1.19. The Bertz CT molecular complexity index is 420. The van der Waals surface area contributed by atoms with Crippen LogP contribution in [0.25, 0.3) is 0 Å². The van der Waals surface area contributed by atoms with E-state index in [1.54, 1.807) is 6.07 Å². The normalized spacial score (nSPS) is 20.3. The summed E-state index contributed by atoms with van der Waals surface area (Å²) < 4.78 is 0. The van der Waals surface area contributed by atoms with Crippen LogP contribution in [0.1, 0.15) is 12.8 Å². The van der Waals surface area contributed by atoms with Crippen molar-refractivity contribution < 1.29 is 9.90 Å². The maximum Gasteiger partial charge on any atom is 0.308 e. The molecule has 1 saturated heterocycles. The molecular formula is C10H13ClN4O2. The summed E-state index contributed by atoms with van der Waals surface area (Å²) in [5.41, 5.74) is 5.51. The number of hydrogen-bond acceptors (Lipinski definition) is 5. The fourth-order valence-electron chi connectivity index (χ4n) is 1.97. The van der Waals surface area contributed by atoms with Crippen molar-refractivity contribution in [2.75, 3.05) is 23.7 Å². The number of nitrogens with zero attached hydrogens (tertiary/aromatic N) is 3. The van der Waals surface area contributed by atoms with Gasteiger partial charge in [0.05, 0.1) is 5.92 Å². The first-order valence-corrected chi connectivity index (χ1v) is 5.72. The lowest BCUT2D eigenvalue weighted by Gasteiger charge is -2.31. The monoisotopic (exact) mass is 256 g/mol. The number of carbonyl (C=O) groups is 1. The summed E-state index contributed by atoms with van der Waals surface area (Å²) in [5, 5.41) is 9.27. The third kappa shape index (κ3) is 2.76. The molecule has 0 radical (unpaired) electrons. The number of halogens is 1. The smallest absolute Gasteiger partial charge is 0.308 e. The van der Waals surface area contributed by atoms with Crippen LogP contribution < -0.4 is 10.6 Å². The molecule has 1 aliphatic heterocycles. The topological polar surface area (TPSA) is 92.3 Å². The van der Waals surface area contributed by atoms with Crippen LogP contribution in [0.4, 0.5) is 11.8 Å². The third-order valence-corrected chi connectivity index (χ3v) is 2.99. The van der Waals surface area contributed by atoms with E-state index in [1.165, 1.54) is 0 Å². The number of carboxylic acid groups (broad SMARTS) is 1. The van der Waals surface area contributed by atoms with Gasteiger partial charge < -0.3 is 15.7 Å². The van der Waals surface area contributed by atoms with E-state index in [4.69, 9.17) is 22.4 Å². The predicted octanol–water partition coefficient (Wildman–Crippen LogP) is 1.01. The van der Waals surface area contributed by atoms with Crippen LogP contribution in [0.15, 0.2) is 6.07 Å². The Morgan fingerprint density at radius 2 is 2.35 bits per heavy atom. The minimum Gasteiger partial charge on any atom is -0.481 e. The Morgan fingerprint density at radius 3 is 3.00 bits per heavy atom. The second-order valence-corrected chi connectivity index (χ2v) is 4.42. The number of nitrogen functional groups attached to an aromatic ring is 1. The van der Waals surface area contributed by atoms with Gasteiger partial charge in [-0.2, -0.15) is 4.98 Å². The van der Waals surface area contributed by atoms with Gasteiger partial charge in [0.2, 0.25) is 5.95 Å². The number of piperidine rings is 1. The maximum atomic E-state index is 11.0. The fraction of sp³-hybridized carbons (Fsp3) is 0.500. The van der Waals surface area contributed by atoms with E-state index in [1.807, 2.05) is 4.90 Å². The molecule has 0 amide bonds. The van der Waals surface area contributed by atoms with E-state index < -0.39 is 5.97 Å². The van der Waals surface area contributed by atoms with Gasteiger partial charge in [-0.3, -0.25) is 4.79 Å². The van der Waals surface area contributed by atoms with Gasteiger partial charge in [-0.1, -0.05) is 11.6 Å². The number of aromatic nitrogens is 2. The molecule has 0 saturated carbocycles. The molecule has 0 spiro atoms. The highest BCUT2D eigenvalue weighted by Gasteiger charge is 2.26. The van der Waals surface area contributed by atoms with Crippen LogP contribution in [0.3, 0.4) is 0 Å². The van der Waals surface area contributed by atoms with Crippen LogP contribution >= 0.6 is 11.6 Å². The van der Waals surface area contributed by atoms with Gasteiger partial charge in [-0.25, -0.2) is 4.98 Å². The SMILES string of the molecule is Nc1nc(Cl)cc(N2CCCC(C(=O)O)C2)n1.